The quantitative estimate of drug-likeness (QED) is 0.874. The zero-order chi connectivity index (χ0) is 11.8. The monoisotopic (exact) mass is 272 g/mol. The Hall–Kier alpha value is -0.720. The number of hydrogen-bond donors (Lipinski definition) is 1. The smallest absolute Gasteiger partial charge is 0.165 e. The van der Waals surface area contributed by atoms with Crippen molar-refractivity contribution >= 4 is 12.4 Å². The molecular formula is C11H21ClN6. The lowest BCUT2D eigenvalue weighted by Crippen LogP contribution is -2.53. The van der Waals surface area contributed by atoms with Crippen LogP contribution in [0.4, 0.5) is 0 Å². The molecule has 0 spiro atoms. The summed E-state index contributed by atoms with van der Waals surface area (Å²) in [5.41, 5.74) is 0. The number of aromatic nitrogens is 4. The molecule has 2 unspecified atom stereocenters. The number of piperazine rings is 1. The highest BCUT2D eigenvalue weighted by Crippen LogP contribution is 2.34. The van der Waals surface area contributed by atoms with Gasteiger partial charge in [0.15, 0.2) is 5.82 Å². The Balaban J connectivity index is 0.00000120. The van der Waals surface area contributed by atoms with Crippen LogP contribution >= 0.6 is 12.4 Å². The van der Waals surface area contributed by atoms with Gasteiger partial charge in [0.25, 0.3) is 0 Å². The zero-order valence-corrected chi connectivity index (χ0v) is 11.7. The van der Waals surface area contributed by atoms with Crippen molar-refractivity contribution in [3.63, 3.8) is 0 Å². The van der Waals surface area contributed by atoms with Gasteiger partial charge in [0.2, 0.25) is 0 Å². The summed E-state index contributed by atoms with van der Waals surface area (Å²) < 4.78 is 2.01. The Morgan fingerprint density at radius 1 is 1.22 bits per heavy atom. The van der Waals surface area contributed by atoms with Gasteiger partial charge in [-0.2, -0.15) is 0 Å². The minimum Gasteiger partial charge on any atom is -0.309 e. The number of halogens is 1. The summed E-state index contributed by atoms with van der Waals surface area (Å²) >= 11 is 0. The van der Waals surface area contributed by atoms with Gasteiger partial charge in [0, 0.05) is 25.2 Å². The van der Waals surface area contributed by atoms with Crippen LogP contribution in [0.1, 0.15) is 38.6 Å². The molecule has 1 N–H and O–H groups in total. The van der Waals surface area contributed by atoms with E-state index in [0.717, 1.165) is 25.5 Å². The molecule has 2 aliphatic rings. The molecule has 1 aliphatic heterocycles. The first-order chi connectivity index (χ1) is 8.22. The van der Waals surface area contributed by atoms with Crippen LogP contribution in [0.5, 0.6) is 0 Å². The number of tetrazole rings is 1. The molecule has 0 amide bonds. The van der Waals surface area contributed by atoms with Crippen LogP contribution in [0.2, 0.25) is 0 Å². The lowest BCUT2D eigenvalue weighted by Gasteiger charge is -2.35. The van der Waals surface area contributed by atoms with E-state index < -0.39 is 0 Å². The van der Waals surface area contributed by atoms with Crippen molar-refractivity contribution in [1.29, 1.82) is 0 Å². The number of rotatable bonds is 3. The number of nitrogens with zero attached hydrogens (tertiary/aromatic N) is 5. The highest BCUT2D eigenvalue weighted by molar-refractivity contribution is 5.85. The molecule has 0 radical (unpaired) electrons. The second-order valence-electron chi connectivity index (χ2n) is 5.43. The lowest BCUT2D eigenvalue weighted by atomic mass is 10.1. The molecule has 1 aliphatic carbocycles. The molecule has 2 fully saturated rings. The van der Waals surface area contributed by atoms with Gasteiger partial charge in [-0.15, -0.1) is 17.5 Å². The summed E-state index contributed by atoms with van der Waals surface area (Å²) in [6.07, 6.45) is 2.46. The minimum atomic E-state index is 0. The minimum absolute atomic E-state index is 0. The van der Waals surface area contributed by atoms with E-state index in [-0.39, 0.29) is 12.4 Å². The Bertz CT molecular complexity index is 381. The van der Waals surface area contributed by atoms with Gasteiger partial charge in [0.1, 0.15) is 0 Å². The largest absolute Gasteiger partial charge is 0.309 e. The second-order valence-corrected chi connectivity index (χ2v) is 5.43. The van der Waals surface area contributed by atoms with Crippen LogP contribution in [0, 0.1) is 0 Å². The van der Waals surface area contributed by atoms with E-state index in [1.54, 1.807) is 0 Å². The van der Waals surface area contributed by atoms with E-state index in [1.165, 1.54) is 12.8 Å². The summed E-state index contributed by atoms with van der Waals surface area (Å²) in [6.45, 7) is 7.47. The highest BCUT2D eigenvalue weighted by Gasteiger charge is 2.29. The SMILES string of the molecule is CC1CN(Cc2nnnn2C2CC2)CC(C)N1.Cl. The fraction of sp³-hybridized carbons (Fsp3) is 0.909. The summed E-state index contributed by atoms with van der Waals surface area (Å²) in [4.78, 5) is 2.44. The Kier molecular flexibility index (Phi) is 4.19. The third-order valence-corrected chi connectivity index (χ3v) is 3.45. The van der Waals surface area contributed by atoms with Gasteiger partial charge in [-0.1, -0.05) is 0 Å². The van der Waals surface area contributed by atoms with E-state index in [9.17, 15) is 0 Å². The maximum absolute atomic E-state index is 4.16. The van der Waals surface area contributed by atoms with Crippen LogP contribution in [-0.4, -0.2) is 50.3 Å². The molecule has 1 saturated heterocycles. The molecule has 2 heterocycles. The average molecular weight is 273 g/mol. The molecule has 7 heteroatoms. The van der Waals surface area contributed by atoms with E-state index >= 15 is 0 Å². The Morgan fingerprint density at radius 3 is 2.50 bits per heavy atom. The average Bonchev–Trinajstić information content (AvgIpc) is 2.99. The highest BCUT2D eigenvalue weighted by atomic mass is 35.5. The number of hydrogen-bond acceptors (Lipinski definition) is 5. The molecule has 1 aromatic rings. The first-order valence-corrected chi connectivity index (χ1v) is 6.47. The topological polar surface area (TPSA) is 58.9 Å². The molecule has 0 bridgehead atoms. The van der Waals surface area contributed by atoms with Crippen molar-refractivity contribution in [1.82, 2.24) is 30.4 Å². The molecule has 3 rings (SSSR count). The molecule has 102 valence electrons. The second kappa shape index (κ2) is 5.50. The van der Waals surface area contributed by atoms with Crippen molar-refractivity contribution in [2.45, 2.75) is 51.4 Å². The van der Waals surface area contributed by atoms with Crippen molar-refractivity contribution in [2.75, 3.05) is 13.1 Å². The van der Waals surface area contributed by atoms with Gasteiger partial charge in [-0.25, -0.2) is 4.68 Å². The summed E-state index contributed by atoms with van der Waals surface area (Å²) in [7, 11) is 0. The van der Waals surface area contributed by atoms with E-state index in [2.05, 4.69) is 39.6 Å². The van der Waals surface area contributed by atoms with Crippen molar-refractivity contribution in [3.8, 4) is 0 Å². The standard InChI is InChI=1S/C11H20N6.ClH/c1-8-5-16(6-9(2)12-8)7-11-13-14-15-17(11)10-3-4-10;/h8-10,12H,3-7H2,1-2H3;1H. The van der Waals surface area contributed by atoms with Gasteiger partial charge in [0.05, 0.1) is 12.6 Å². The molecule has 6 nitrogen and oxygen atoms in total. The normalized spacial score (nSPS) is 29.0. The summed E-state index contributed by atoms with van der Waals surface area (Å²) in [5.74, 6) is 1.02. The predicted molar refractivity (Wildman–Crippen MR) is 70.7 cm³/mol. The molecule has 1 aromatic heterocycles. The van der Waals surface area contributed by atoms with E-state index in [4.69, 9.17) is 0 Å². The summed E-state index contributed by atoms with van der Waals surface area (Å²) in [5, 5.41) is 15.6. The predicted octanol–water partition coefficient (Wildman–Crippen LogP) is 0.612. The molecule has 18 heavy (non-hydrogen) atoms. The Labute approximate surface area is 114 Å². The Morgan fingerprint density at radius 2 is 1.89 bits per heavy atom. The van der Waals surface area contributed by atoms with Crippen molar-refractivity contribution < 1.29 is 0 Å². The van der Waals surface area contributed by atoms with Gasteiger partial charge < -0.3 is 5.32 Å². The van der Waals surface area contributed by atoms with Gasteiger partial charge in [-0.05, 0) is 37.1 Å². The maximum Gasteiger partial charge on any atom is 0.165 e. The molecule has 2 atom stereocenters. The first kappa shape index (κ1) is 13.7. The maximum atomic E-state index is 4.16. The third-order valence-electron chi connectivity index (χ3n) is 3.45. The lowest BCUT2D eigenvalue weighted by molar-refractivity contribution is 0.161. The van der Waals surface area contributed by atoms with Gasteiger partial charge >= 0.3 is 0 Å². The zero-order valence-electron chi connectivity index (χ0n) is 10.9. The third kappa shape index (κ3) is 2.99. The van der Waals surface area contributed by atoms with Gasteiger partial charge in [-0.3, -0.25) is 4.90 Å². The molecular weight excluding hydrogens is 252 g/mol. The molecule has 1 saturated carbocycles. The van der Waals surface area contributed by atoms with Crippen LogP contribution < -0.4 is 5.32 Å². The number of nitrogens with one attached hydrogen (secondary N) is 1. The van der Waals surface area contributed by atoms with Crippen LogP contribution in [0.3, 0.4) is 0 Å². The van der Waals surface area contributed by atoms with Crippen LogP contribution in [0.15, 0.2) is 0 Å². The van der Waals surface area contributed by atoms with Crippen molar-refractivity contribution in [2.24, 2.45) is 0 Å². The fourth-order valence-electron chi connectivity index (χ4n) is 2.69. The van der Waals surface area contributed by atoms with E-state index in [1.807, 2.05) is 4.68 Å². The van der Waals surface area contributed by atoms with Crippen LogP contribution in [0.25, 0.3) is 0 Å². The van der Waals surface area contributed by atoms with Crippen molar-refractivity contribution in [3.05, 3.63) is 5.82 Å². The molecule has 0 aromatic carbocycles. The van der Waals surface area contributed by atoms with E-state index in [0.29, 0.717) is 18.1 Å². The fourth-order valence-corrected chi connectivity index (χ4v) is 2.69. The first-order valence-electron chi connectivity index (χ1n) is 6.47. The summed E-state index contributed by atoms with van der Waals surface area (Å²) in [6, 6.07) is 1.66. The van der Waals surface area contributed by atoms with Crippen LogP contribution in [-0.2, 0) is 6.54 Å².